The summed E-state index contributed by atoms with van der Waals surface area (Å²) in [6.07, 6.45) is 1.19. The van der Waals surface area contributed by atoms with Gasteiger partial charge in [-0.2, -0.15) is 0 Å². The summed E-state index contributed by atoms with van der Waals surface area (Å²) in [5, 5.41) is 0. The van der Waals surface area contributed by atoms with Crippen molar-refractivity contribution in [3.05, 3.63) is 0 Å². The fourth-order valence-corrected chi connectivity index (χ4v) is 1.37. The van der Waals surface area contributed by atoms with Crippen molar-refractivity contribution in [1.29, 1.82) is 0 Å². The highest BCUT2D eigenvalue weighted by atomic mass is 35.5. The van der Waals surface area contributed by atoms with Gasteiger partial charge in [-0.05, 0) is 33.4 Å². The van der Waals surface area contributed by atoms with E-state index in [1.54, 1.807) is 0 Å². The number of halogens is 1. The van der Waals surface area contributed by atoms with Gasteiger partial charge in [-0.1, -0.05) is 0 Å². The maximum atomic E-state index is 6.02. The molecule has 0 heterocycles. The molecule has 0 radical (unpaired) electrons. The van der Waals surface area contributed by atoms with Crippen LogP contribution in [0.4, 0.5) is 0 Å². The van der Waals surface area contributed by atoms with E-state index in [0.717, 1.165) is 12.5 Å². The van der Waals surface area contributed by atoms with Crippen molar-refractivity contribution in [2.24, 2.45) is 5.92 Å². The van der Waals surface area contributed by atoms with E-state index in [1.807, 2.05) is 0 Å². The molecule has 9 heavy (non-hydrogen) atoms. The van der Waals surface area contributed by atoms with E-state index in [1.165, 1.54) is 6.42 Å². The third-order valence-corrected chi connectivity index (χ3v) is 2.39. The molecule has 0 bridgehead atoms. The SMILES string of the molecule is CN(C)CC1CC1(C)Cl. The van der Waals surface area contributed by atoms with Crippen LogP contribution in [0.2, 0.25) is 0 Å². The Bertz CT molecular complexity index is 109. The lowest BCUT2D eigenvalue weighted by Gasteiger charge is -2.08. The Hall–Kier alpha value is 0.250. The molecule has 0 saturated heterocycles. The van der Waals surface area contributed by atoms with Gasteiger partial charge in [0, 0.05) is 11.4 Å². The summed E-state index contributed by atoms with van der Waals surface area (Å²) in [5.41, 5.74) is 0. The van der Waals surface area contributed by atoms with Gasteiger partial charge in [-0.3, -0.25) is 0 Å². The first-order valence-electron chi connectivity index (χ1n) is 3.36. The minimum absolute atomic E-state index is 0.129. The van der Waals surface area contributed by atoms with Crippen molar-refractivity contribution in [3.63, 3.8) is 0 Å². The third-order valence-electron chi connectivity index (χ3n) is 1.92. The van der Waals surface area contributed by atoms with Gasteiger partial charge >= 0.3 is 0 Å². The quantitative estimate of drug-likeness (QED) is 0.536. The first kappa shape index (κ1) is 7.36. The molecule has 0 N–H and O–H groups in total. The smallest absolute Gasteiger partial charge is 0.0463 e. The molecule has 54 valence electrons. The molecule has 0 spiro atoms. The first-order chi connectivity index (χ1) is 4.02. The van der Waals surface area contributed by atoms with Gasteiger partial charge in [0.2, 0.25) is 0 Å². The maximum Gasteiger partial charge on any atom is 0.0463 e. The monoisotopic (exact) mass is 147 g/mol. The second-order valence-electron chi connectivity index (χ2n) is 3.44. The van der Waals surface area contributed by atoms with Crippen molar-refractivity contribution in [3.8, 4) is 0 Å². The van der Waals surface area contributed by atoms with Gasteiger partial charge < -0.3 is 4.90 Å². The van der Waals surface area contributed by atoms with Crippen LogP contribution < -0.4 is 0 Å². The summed E-state index contributed by atoms with van der Waals surface area (Å²) in [6.45, 7) is 3.25. The lowest BCUT2D eigenvalue weighted by atomic mass is 10.3. The Morgan fingerprint density at radius 1 is 1.67 bits per heavy atom. The van der Waals surface area contributed by atoms with E-state index in [9.17, 15) is 0 Å². The van der Waals surface area contributed by atoms with Gasteiger partial charge in [-0.25, -0.2) is 0 Å². The molecule has 0 aliphatic heterocycles. The summed E-state index contributed by atoms with van der Waals surface area (Å²) in [4.78, 5) is 2.32. The van der Waals surface area contributed by atoms with E-state index in [4.69, 9.17) is 11.6 Å². The topological polar surface area (TPSA) is 3.24 Å². The fourth-order valence-electron chi connectivity index (χ4n) is 1.12. The lowest BCUT2D eigenvalue weighted by molar-refractivity contribution is 0.383. The molecule has 2 atom stereocenters. The highest BCUT2D eigenvalue weighted by Gasteiger charge is 2.48. The number of nitrogens with zero attached hydrogens (tertiary/aromatic N) is 1. The molecule has 1 aliphatic rings. The van der Waals surface area contributed by atoms with Crippen LogP contribution in [0.1, 0.15) is 13.3 Å². The fraction of sp³-hybridized carbons (Fsp3) is 1.00. The van der Waals surface area contributed by atoms with Crippen molar-refractivity contribution >= 4 is 11.6 Å². The molecule has 0 aromatic rings. The number of alkyl halides is 1. The highest BCUT2D eigenvalue weighted by molar-refractivity contribution is 6.25. The molecule has 0 aromatic heterocycles. The molecule has 1 aliphatic carbocycles. The highest BCUT2D eigenvalue weighted by Crippen LogP contribution is 2.48. The average Bonchev–Trinajstić information content (AvgIpc) is 2.10. The Labute approximate surface area is 62.0 Å². The minimum Gasteiger partial charge on any atom is -0.309 e. The summed E-state index contributed by atoms with van der Waals surface area (Å²) < 4.78 is 0. The molecule has 1 saturated carbocycles. The van der Waals surface area contributed by atoms with E-state index in [-0.39, 0.29) is 4.87 Å². The Balaban J connectivity index is 2.20. The van der Waals surface area contributed by atoms with Crippen LogP contribution in [0.3, 0.4) is 0 Å². The van der Waals surface area contributed by atoms with Crippen molar-refractivity contribution in [2.75, 3.05) is 20.6 Å². The summed E-state index contributed by atoms with van der Waals surface area (Å²) >= 11 is 6.02. The van der Waals surface area contributed by atoms with Gasteiger partial charge in [0.1, 0.15) is 0 Å². The largest absolute Gasteiger partial charge is 0.309 e. The molecule has 1 rings (SSSR count). The van der Waals surface area contributed by atoms with Crippen molar-refractivity contribution < 1.29 is 0 Å². The summed E-state index contributed by atoms with van der Waals surface area (Å²) in [5.74, 6) is 0.731. The zero-order valence-electron chi connectivity index (χ0n) is 6.32. The molecule has 0 amide bonds. The van der Waals surface area contributed by atoms with Gasteiger partial charge in [0.25, 0.3) is 0 Å². The molecule has 2 unspecified atom stereocenters. The first-order valence-corrected chi connectivity index (χ1v) is 3.74. The second-order valence-corrected chi connectivity index (χ2v) is 4.30. The van der Waals surface area contributed by atoms with Crippen LogP contribution in [-0.2, 0) is 0 Å². The van der Waals surface area contributed by atoms with Crippen LogP contribution in [0.25, 0.3) is 0 Å². The second kappa shape index (κ2) is 2.14. The Morgan fingerprint density at radius 3 is 2.22 bits per heavy atom. The van der Waals surface area contributed by atoms with Crippen molar-refractivity contribution in [2.45, 2.75) is 18.2 Å². The van der Waals surface area contributed by atoms with Crippen LogP contribution in [-0.4, -0.2) is 30.4 Å². The lowest BCUT2D eigenvalue weighted by Crippen LogP contribution is -2.17. The van der Waals surface area contributed by atoms with Crippen molar-refractivity contribution in [1.82, 2.24) is 4.90 Å². The van der Waals surface area contributed by atoms with Crippen LogP contribution in [0.5, 0.6) is 0 Å². The molecule has 1 fully saturated rings. The van der Waals surface area contributed by atoms with Crippen LogP contribution in [0.15, 0.2) is 0 Å². The molecule has 2 heteroatoms. The molecular weight excluding hydrogens is 134 g/mol. The zero-order valence-corrected chi connectivity index (χ0v) is 7.07. The average molecular weight is 148 g/mol. The van der Waals surface area contributed by atoms with E-state index in [0.29, 0.717) is 0 Å². The van der Waals surface area contributed by atoms with Gasteiger partial charge in [-0.15, -0.1) is 11.6 Å². The summed E-state index contributed by atoms with van der Waals surface area (Å²) in [7, 11) is 4.18. The van der Waals surface area contributed by atoms with Crippen LogP contribution in [0, 0.1) is 5.92 Å². The van der Waals surface area contributed by atoms with E-state index in [2.05, 4.69) is 25.9 Å². The Kier molecular flexibility index (Phi) is 1.75. The predicted octanol–water partition coefficient (Wildman–Crippen LogP) is 1.57. The standard InChI is InChI=1S/C7H14ClN/c1-7(8)4-6(7)5-9(2)3/h6H,4-5H2,1-3H3. The van der Waals surface area contributed by atoms with Crippen LogP contribution >= 0.6 is 11.6 Å². The van der Waals surface area contributed by atoms with Gasteiger partial charge in [0.15, 0.2) is 0 Å². The number of rotatable bonds is 2. The number of hydrogen-bond acceptors (Lipinski definition) is 1. The minimum atomic E-state index is 0.129. The van der Waals surface area contributed by atoms with Gasteiger partial charge in [0.05, 0.1) is 0 Å². The number of hydrogen-bond donors (Lipinski definition) is 0. The van der Waals surface area contributed by atoms with E-state index < -0.39 is 0 Å². The zero-order chi connectivity index (χ0) is 7.07. The molecule has 0 aromatic carbocycles. The van der Waals surface area contributed by atoms with E-state index >= 15 is 0 Å². The third kappa shape index (κ3) is 1.84. The summed E-state index contributed by atoms with van der Waals surface area (Å²) in [6, 6.07) is 0. The predicted molar refractivity (Wildman–Crippen MR) is 40.9 cm³/mol. The molecule has 1 nitrogen and oxygen atoms in total. The molecular formula is C7H14ClN. The Morgan fingerprint density at radius 2 is 2.11 bits per heavy atom. The maximum absolute atomic E-state index is 6.02. The normalized spacial score (nSPS) is 41.7.